The van der Waals surface area contributed by atoms with Crippen molar-refractivity contribution in [2.75, 3.05) is 0 Å². The molecule has 8 nitrogen and oxygen atoms in total. The molecular formula is C9H6O8-4. The van der Waals surface area contributed by atoms with Crippen LogP contribution in [0.4, 0.5) is 0 Å². The summed E-state index contributed by atoms with van der Waals surface area (Å²) in [5.74, 6) is -15.1. The highest BCUT2D eigenvalue weighted by Crippen LogP contribution is 2.40. The molecule has 0 saturated heterocycles. The Morgan fingerprint density at radius 1 is 0.647 bits per heavy atom. The molecular weight excluding hydrogens is 236 g/mol. The fraction of sp³-hybridized carbons (Fsp3) is 0.556. The minimum absolute atomic E-state index is 0.692. The third-order valence-corrected chi connectivity index (χ3v) is 2.91. The summed E-state index contributed by atoms with van der Waals surface area (Å²) in [5, 5.41) is 42.6. The Kier molecular flexibility index (Phi) is 3.35. The van der Waals surface area contributed by atoms with Crippen molar-refractivity contribution in [3.8, 4) is 0 Å². The Bertz CT molecular complexity index is 350. The molecule has 4 atom stereocenters. The first-order valence-corrected chi connectivity index (χ1v) is 4.60. The van der Waals surface area contributed by atoms with Gasteiger partial charge in [-0.1, -0.05) is 0 Å². The number of hydrogen-bond acceptors (Lipinski definition) is 8. The van der Waals surface area contributed by atoms with E-state index >= 15 is 0 Å². The van der Waals surface area contributed by atoms with Crippen LogP contribution in [0.3, 0.4) is 0 Å². The molecule has 0 heterocycles. The summed E-state index contributed by atoms with van der Waals surface area (Å²) in [7, 11) is 0. The summed E-state index contributed by atoms with van der Waals surface area (Å²) in [6.45, 7) is 0. The second-order valence-corrected chi connectivity index (χ2v) is 3.78. The lowest BCUT2D eigenvalue weighted by Gasteiger charge is -2.28. The molecule has 0 radical (unpaired) electrons. The Balaban J connectivity index is 3.17. The number of aliphatic carboxylic acids is 4. The van der Waals surface area contributed by atoms with E-state index in [0.717, 1.165) is 0 Å². The molecule has 8 heteroatoms. The average Bonchev–Trinajstić information content (AvgIpc) is 2.56. The van der Waals surface area contributed by atoms with Crippen molar-refractivity contribution in [3.63, 3.8) is 0 Å². The van der Waals surface area contributed by atoms with E-state index in [1.807, 2.05) is 0 Å². The Labute approximate surface area is 94.5 Å². The van der Waals surface area contributed by atoms with Crippen LogP contribution in [0.25, 0.3) is 0 Å². The molecule has 94 valence electrons. The molecule has 0 aromatic heterocycles. The average molecular weight is 242 g/mol. The summed E-state index contributed by atoms with van der Waals surface area (Å²) in [5.41, 5.74) is 0. The molecule has 0 aromatic carbocycles. The van der Waals surface area contributed by atoms with Gasteiger partial charge in [0.15, 0.2) is 0 Å². The zero-order valence-electron chi connectivity index (χ0n) is 8.28. The van der Waals surface area contributed by atoms with Gasteiger partial charge in [0.25, 0.3) is 0 Å². The van der Waals surface area contributed by atoms with Crippen LogP contribution in [0.5, 0.6) is 0 Å². The van der Waals surface area contributed by atoms with Gasteiger partial charge < -0.3 is 39.6 Å². The number of carbonyl (C=O) groups excluding carboxylic acids is 4. The molecule has 1 aliphatic carbocycles. The quantitative estimate of drug-likeness (QED) is 0.470. The van der Waals surface area contributed by atoms with Crippen LogP contribution >= 0.6 is 0 Å². The first kappa shape index (κ1) is 12.9. The Morgan fingerprint density at radius 2 is 0.941 bits per heavy atom. The first-order chi connectivity index (χ1) is 7.77. The SMILES string of the molecule is O=C([O-])[C@H]1[C@H](C(=O)[O-])[C@H](C(=O)[O-])C[C@H]1C(=O)[O-]. The second kappa shape index (κ2) is 4.40. The molecule has 0 aliphatic heterocycles. The molecule has 0 unspecified atom stereocenters. The van der Waals surface area contributed by atoms with E-state index in [4.69, 9.17) is 0 Å². The van der Waals surface area contributed by atoms with Gasteiger partial charge >= 0.3 is 0 Å². The lowest BCUT2D eigenvalue weighted by Crippen LogP contribution is -2.49. The highest BCUT2D eigenvalue weighted by atomic mass is 16.4. The zero-order valence-corrected chi connectivity index (χ0v) is 8.28. The fourth-order valence-electron chi connectivity index (χ4n) is 2.17. The molecule has 0 amide bonds. The largest absolute Gasteiger partial charge is 0.550 e. The maximum Gasteiger partial charge on any atom is 0.0458 e. The van der Waals surface area contributed by atoms with Crippen molar-refractivity contribution in [1.29, 1.82) is 0 Å². The van der Waals surface area contributed by atoms with Gasteiger partial charge in [0.1, 0.15) is 0 Å². The zero-order chi connectivity index (χ0) is 13.3. The van der Waals surface area contributed by atoms with Crippen molar-refractivity contribution in [3.05, 3.63) is 0 Å². The third kappa shape index (κ3) is 2.19. The van der Waals surface area contributed by atoms with Crippen molar-refractivity contribution >= 4 is 23.9 Å². The normalized spacial score (nSPS) is 32.0. The van der Waals surface area contributed by atoms with E-state index in [0.29, 0.717) is 0 Å². The maximum absolute atomic E-state index is 10.7. The van der Waals surface area contributed by atoms with Crippen LogP contribution in [-0.2, 0) is 19.2 Å². The third-order valence-electron chi connectivity index (χ3n) is 2.91. The summed E-state index contributed by atoms with van der Waals surface area (Å²) >= 11 is 0. The number of carboxylic acid groups (broad SMARTS) is 4. The highest BCUT2D eigenvalue weighted by Gasteiger charge is 2.45. The number of rotatable bonds is 4. The summed E-state index contributed by atoms with van der Waals surface area (Å²) < 4.78 is 0. The molecule has 0 bridgehead atoms. The van der Waals surface area contributed by atoms with Gasteiger partial charge in [0.2, 0.25) is 0 Å². The summed E-state index contributed by atoms with van der Waals surface area (Å²) in [6.07, 6.45) is -0.692. The molecule has 0 aromatic rings. The highest BCUT2D eigenvalue weighted by molar-refractivity contribution is 5.88. The van der Waals surface area contributed by atoms with Gasteiger partial charge in [-0.15, -0.1) is 0 Å². The Hall–Kier alpha value is -2.12. The van der Waals surface area contributed by atoms with Gasteiger partial charge in [0, 0.05) is 47.5 Å². The molecule has 0 spiro atoms. The minimum atomic E-state index is -1.99. The molecule has 0 N–H and O–H groups in total. The lowest BCUT2D eigenvalue weighted by molar-refractivity contribution is -0.335. The van der Waals surface area contributed by atoms with Crippen LogP contribution in [0.1, 0.15) is 6.42 Å². The summed E-state index contributed by atoms with van der Waals surface area (Å²) in [6, 6.07) is 0. The van der Waals surface area contributed by atoms with Crippen LogP contribution in [-0.4, -0.2) is 23.9 Å². The topological polar surface area (TPSA) is 161 Å². The molecule has 1 fully saturated rings. The summed E-state index contributed by atoms with van der Waals surface area (Å²) in [4.78, 5) is 42.6. The molecule has 17 heavy (non-hydrogen) atoms. The van der Waals surface area contributed by atoms with Crippen molar-refractivity contribution in [2.24, 2.45) is 23.7 Å². The number of carboxylic acids is 4. The first-order valence-electron chi connectivity index (χ1n) is 4.60. The van der Waals surface area contributed by atoms with Gasteiger partial charge in [-0.25, -0.2) is 0 Å². The van der Waals surface area contributed by atoms with Crippen molar-refractivity contribution < 1.29 is 39.6 Å². The van der Waals surface area contributed by atoms with E-state index in [1.54, 1.807) is 0 Å². The van der Waals surface area contributed by atoms with E-state index in [-0.39, 0.29) is 0 Å². The maximum atomic E-state index is 10.7. The van der Waals surface area contributed by atoms with E-state index < -0.39 is 54.0 Å². The minimum Gasteiger partial charge on any atom is -0.550 e. The smallest absolute Gasteiger partial charge is 0.0458 e. The van der Waals surface area contributed by atoms with Crippen LogP contribution < -0.4 is 20.4 Å². The van der Waals surface area contributed by atoms with Crippen molar-refractivity contribution in [2.45, 2.75) is 6.42 Å². The molecule has 1 aliphatic rings. The lowest BCUT2D eigenvalue weighted by atomic mass is 9.87. The van der Waals surface area contributed by atoms with Gasteiger partial charge in [-0.05, 0) is 6.42 Å². The monoisotopic (exact) mass is 242 g/mol. The number of carbonyl (C=O) groups is 4. The van der Waals surface area contributed by atoms with Gasteiger partial charge in [0.05, 0.1) is 0 Å². The van der Waals surface area contributed by atoms with E-state index in [9.17, 15) is 39.6 Å². The molecule has 1 rings (SSSR count). The van der Waals surface area contributed by atoms with Crippen LogP contribution in [0.2, 0.25) is 0 Å². The van der Waals surface area contributed by atoms with Crippen LogP contribution in [0, 0.1) is 23.7 Å². The van der Waals surface area contributed by atoms with Gasteiger partial charge in [-0.2, -0.15) is 0 Å². The van der Waals surface area contributed by atoms with Crippen LogP contribution in [0.15, 0.2) is 0 Å². The molecule has 1 saturated carbocycles. The fourth-order valence-corrected chi connectivity index (χ4v) is 2.17. The predicted octanol–water partition coefficient (Wildman–Crippen LogP) is -6.15. The van der Waals surface area contributed by atoms with Gasteiger partial charge in [-0.3, -0.25) is 0 Å². The van der Waals surface area contributed by atoms with E-state index in [2.05, 4.69) is 0 Å². The van der Waals surface area contributed by atoms with Crippen molar-refractivity contribution in [1.82, 2.24) is 0 Å². The van der Waals surface area contributed by atoms with E-state index in [1.165, 1.54) is 0 Å². The predicted molar refractivity (Wildman–Crippen MR) is 38.6 cm³/mol. The second-order valence-electron chi connectivity index (χ2n) is 3.78. The standard InChI is InChI=1S/C9H10O8/c10-6(11)2-1-3(7(12)13)5(9(16)17)4(2)8(14)15/h2-5H,1H2,(H,10,11)(H,12,13)(H,14,15)(H,16,17)/p-4/t2-,3-,4-,5-/m1/s1. The number of hydrogen-bond donors (Lipinski definition) is 0. The Morgan fingerprint density at radius 3 is 1.12 bits per heavy atom.